The zero-order valence-corrected chi connectivity index (χ0v) is 20.3. The molecule has 1 heterocycles. The van der Waals surface area contributed by atoms with Gasteiger partial charge in [-0.3, -0.25) is 9.59 Å². The molecule has 9 heteroatoms. The Hall–Kier alpha value is -3.75. The monoisotopic (exact) mass is 468 g/mol. The Bertz CT molecular complexity index is 1060. The SMILES string of the molecule is COc1ccc(C(=O)N2CCN(C(=O)Nc3cc(C(=O)NC(C)C)ccc3C)CC2)c(OC)c1. The van der Waals surface area contributed by atoms with Gasteiger partial charge in [0.25, 0.3) is 11.8 Å². The molecule has 0 aromatic heterocycles. The third-order valence-corrected chi connectivity index (χ3v) is 5.65. The van der Waals surface area contributed by atoms with Crippen LogP contribution in [0.25, 0.3) is 0 Å². The minimum absolute atomic E-state index is 0.0173. The minimum atomic E-state index is -0.265. The number of methoxy groups -OCH3 is 2. The molecular formula is C25H32N4O5. The first-order valence-corrected chi connectivity index (χ1v) is 11.2. The van der Waals surface area contributed by atoms with Crippen molar-refractivity contribution >= 4 is 23.5 Å². The number of nitrogens with zero attached hydrogens (tertiary/aromatic N) is 2. The molecule has 0 spiro atoms. The van der Waals surface area contributed by atoms with Crippen molar-refractivity contribution < 1.29 is 23.9 Å². The van der Waals surface area contributed by atoms with Crippen LogP contribution in [-0.4, -0.2) is 74.1 Å². The van der Waals surface area contributed by atoms with Crippen molar-refractivity contribution in [3.05, 3.63) is 53.1 Å². The summed E-state index contributed by atoms with van der Waals surface area (Å²) >= 11 is 0. The normalized spacial score (nSPS) is 13.5. The lowest BCUT2D eigenvalue weighted by Crippen LogP contribution is -2.51. The molecule has 0 radical (unpaired) electrons. The van der Waals surface area contributed by atoms with E-state index in [2.05, 4.69) is 10.6 Å². The third-order valence-electron chi connectivity index (χ3n) is 5.65. The molecule has 0 saturated carbocycles. The molecule has 0 bridgehead atoms. The van der Waals surface area contributed by atoms with Gasteiger partial charge in [-0.25, -0.2) is 4.79 Å². The third kappa shape index (κ3) is 5.78. The van der Waals surface area contributed by atoms with Gasteiger partial charge in [-0.05, 0) is 50.6 Å². The number of anilines is 1. The molecule has 2 aromatic carbocycles. The number of carbonyl (C=O) groups excluding carboxylic acids is 3. The topological polar surface area (TPSA) is 100 Å². The first-order chi connectivity index (χ1) is 16.2. The lowest BCUT2D eigenvalue weighted by atomic mass is 10.1. The number of urea groups is 1. The Labute approximate surface area is 200 Å². The van der Waals surface area contributed by atoms with Gasteiger partial charge < -0.3 is 29.9 Å². The van der Waals surface area contributed by atoms with Crippen molar-refractivity contribution in [2.45, 2.75) is 26.8 Å². The van der Waals surface area contributed by atoms with E-state index in [1.54, 1.807) is 47.2 Å². The second kappa shape index (κ2) is 10.9. The number of rotatable bonds is 6. The number of ether oxygens (including phenoxy) is 2. The van der Waals surface area contributed by atoms with Crippen LogP contribution < -0.4 is 20.1 Å². The number of piperazine rings is 1. The van der Waals surface area contributed by atoms with E-state index >= 15 is 0 Å². The fraction of sp³-hybridized carbons (Fsp3) is 0.400. The quantitative estimate of drug-likeness (QED) is 0.679. The average Bonchev–Trinajstić information content (AvgIpc) is 2.84. The van der Waals surface area contributed by atoms with Crippen LogP contribution >= 0.6 is 0 Å². The predicted octanol–water partition coefficient (Wildman–Crippen LogP) is 3.14. The second-order valence-corrected chi connectivity index (χ2v) is 8.43. The smallest absolute Gasteiger partial charge is 0.321 e. The fourth-order valence-corrected chi connectivity index (χ4v) is 3.70. The molecule has 1 fully saturated rings. The van der Waals surface area contributed by atoms with E-state index in [0.29, 0.717) is 54.5 Å². The Morgan fingerprint density at radius 3 is 2.21 bits per heavy atom. The first-order valence-electron chi connectivity index (χ1n) is 11.2. The highest BCUT2D eigenvalue weighted by Crippen LogP contribution is 2.26. The Balaban J connectivity index is 1.62. The zero-order chi connectivity index (χ0) is 24.8. The number of aryl methyl sites for hydroxylation is 1. The van der Waals surface area contributed by atoms with Gasteiger partial charge in [-0.2, -0.15) is 0 Å². The van der Waals surface area contributed by atoms with Crippen LogP contribution in [0.15, 0.2) is 36.4 Å². The summed E-state index contributed by atoms with van der Waals surface area (Å²) in [6, 6.07) is 10.1. The summed E-state index contributed by atoms with van der Waals surface area (Å²) in [6.07, 6.45) is 0. The number of nitrogens with one attached hydrogen (secondary N) is 2. The van der Waals surface area contributed by atoms with E-state index in [1.807, 2.05) is 26.8 Å². The molecule has 3 rings (SSSR count). The molecular weight excluding hydrogens is 436 g/mol. The molecule has 34 heavy (non-hydrogen) atoms. The Kier molecular flexibility index (Phi) is 7.99. The molecule has 1 aliphatic heterocycles. The summed E-state index contributed by atoms with van der Waals surface area (Å²) in [5.74, 6) is 0.711. The highest BCUT2D eigenvalue weighted by atomic mass is 16.5. The fourth-order valence-electron chi connectivity index (χ4n) is 3.70. The summed E-state index contributed by atoms with van der Waals surface area (Å²) in [7, 11) is 3.07. The van der Waals surface area contributed by atoms with Crippen LogP contribution in [0, 0.1) is 6.92 Å². The van der Waals surface area contributed by atoms with Crippen LogP contribution in [-0.2, 0) is 0 Å². The van der Waals surface area contributed by atoms with E-state index in [-0.39, 0.29) is 23.9 Å². The van der Waals surface area contributed by atoms with Crippen molar-refractivity contribution in [1.82, 2.24) is 15.1 Å². The summed E-state index contributed by atoms with van der Waals surface area (Å²) < 4.78 is 10.5. The van der Waals surface area contributed by atoms with Gasteiger partial charge in [-0.15, -0.1) is 0 Å². The number of carbonyl (C=O) groups is 3. The molecule has 4 amide bonds. The van der Waals surface area contributed by atoms with Gasteiger partial charge in [0.15, 0.2) is 0 Å². The number of hydrogen-bond donors (Lipinski definition) is 2. The highest BCUT2D eigenvalue weighted by Gasteiger charge is 2.27. The maximum atomic E-state index is 13.0. The lowest BCUT2D eigenvalue weighted by Gasteiger charge is -2.35. The van der Waals surface area contributed by atoms with Crippen LogP contribution in [0.3, 0.4) is 0 Å². The summed E-state index contributed by atoms with van der Waals surface area (Å²) in [4.78, 5) is 41.6. The molecule has 0 unspecified atom stereocenters. The predicted molar refractivity (Wildman–Crippen MR) is 130 cm³/mol. The minimum Gasteiger partial charge on any atom is -0.497 e. The summed E-state index contributed by atoms with van der Waals surface area (Å²) in [5, 5.41) is 5.76. The van der Waals surface area contributed by atoms with E-state index in [0.717, 1.165) is 5.56 Å². The molecule has 9 nitrogen and oxygen atoms in total. The van der Waals surface area contributed by atoms with Crippen molar-refractivity contribution in [2.24, 2.45) is 0 Å². The maximum Gasteiger partial charge on any atom is 0.321 e. The first kappa shape index (κ1) is 24.9. The Morgan fingerprint density at radius 1 is 0.912 bits per heavy atom. The van der Waals surface area contributed by atoms with Gasteiger partial charge >= 0.3 is 6.03 Å². The van der Waals surface area contributed by atoms with Gasteiger partial charge in [0.05, 0.1) is 19.8 Å². The molecule has 2 N–H and O–H groups in total. The van der Waals surface area contributed by atoms with Gasteiger partial charge in [0.1, 0.15) is 11.5 Å². The Morgan fingerprint density at radius 2 is 1.59 bits per heavy atom. The van der Waals surface area contributed by atoms with E-state index < -0.39 is 0 Å². The summed E-state index contributed by atoms with van der Waals surface area (Å²) in [6.45, 7) is 7.24. The molecule has 2 aromatic rings. The standard InChI is InChI=1S/C25H32N4O5/c1-16(2)26-23(30)18-7-6-17(3)21(14-18)27-25(32)29-12-10-28(11-13-29)24(31)20-9-8-19(33-4)15-22(20)34-5/h6-9,14-16H,10-13H2,1-5H3,(H,26,30)(H,27,32). The van der Waals surface area contributed by atoms with Gasteiger partial charge in [0.2, 0.25) is 0 Å². The van der Waals surface area contributed by atoms with Gasteiger partial charge in [0, 0.05) is 49.5 Å². The number of hydrogen-bond acceptors (Lipinski definition) is 5. The van der Waals surface area contributed by atoms with Crippen molar-refractivity contribution in [1.29, 1.82) is 0 Å². The lowest BCUT2D eigenvalue weighted by molar-refractivity contribution is 0.0668. The van der Waals surface area contributed by atoms with Gasteiger partial charge in [-0.1, -0.05) is 6.07 Å². The molecule has 1 saturated heterocycles. The van der Waals surface area contributed by atoms with Crippen LogP contribution in [0.4, 0.5) is 10.5 Å². The highest BCUT2D eigenvalue weighted by molar-refractivity contribution is 5.98. The largest absolute Gasteiger partial charge is 0.497 e. The van der Waals surface area contributed by atoms with Crippen molar-refractivity contribution in [3.63, 3.8) is 0 Å². The molecule has 0 aliphatic carbocycles. The zero-order valence-electron chi connectivity index (χ0n) is 20.3. The molecule has 0 atom stereocenters. The maximum absolute atomic E-state index is 13.0. The number of amides is 4. The van der Waals surface area contributed by atoms with E-state index in [1.165, 1.54) is 7.11 Å². The molecule has 1 aliphatic rings. The average molecular weight is 469 g/mol. The summed E-state index contributed by atoms with van der Waals surface area (Å²) in [5.41, 5.74) is 2.38. The van der Waals surface area contributed by atoms with Crippen LogP contribution in [0.2, 0.25) is 0 Å². The van der Waals surface area contributed by atoms with E-state index in [4.69, 9.17) is 9.47 Å². The van der Waals surface area contributed by atoms with E-state index in [9.17, 15) is 14.4 Å². The van der Waals surface area contributed by atoms with Crippen molar-refractivity contribution in [2.75, 3.05) is 45.7 Å². The van der Waals surface area contributed by atoms with Crippen LogP contribution in [0.1, 0.15) is 40.1 Å². The second-order valence-electron chi connectivity index (χ2n) is 8.43. The van der Waals surface area contributed by atoms with Crippen LogP contribution in [0.5, 0.6) is 11.5 Å². The number of benzene rings is 2. The molecule has 182 valence electrons. The van der Waals surface area contributed by atoms with Crippen molar-refractivity contribution in [3.8, 4) is 11.5 Å².